The highest BCUT2D eigenvalue weighted by Crippen LogP contribution is 2.40. The van der Waals surface area contributed by atoms with Crippen molar-refractivity contribution >= 4 is 5.91 Å². The molecular weight excluding hydrogens is 372 g/mol. The molecule has 4 nitrogen and oxygen atoms in total. The van der Waals surface area contributed by atoms with E-state index in [2.05, 4.69) is 12.1 Å². The van der Waals surface area contributed by atoms with Crippen molar-refractivity contribution in [3.8, 4) is 22.4 Å². The zero-order valence-electron chi connectivity index (χ0n) is 17.0. The van der Waals surface area contributed by atoms with Gasteiger partial charge in [0.05, 0.1) is 11.8 Å². The summed E-state index contributed by atoms with van der Waals surface area (Å²) in [6.07, 6.45) is 4.44. The third-order valence-corrected chi connectivity index (χ3v) is 6.06. The van der Waals surface area contributed by atoms with Crippen LogP contribution in [0.5, 0.6) is 0 Å². The van der Waals surface area contributed by atoms with Crippen LogP contribution in [0.2, 0.25) is 0 Å². The first-order valence-corrected chi connectivity index (χ1v) is 10.5. The van der Waals surface area contributed by atoms with Gasteiger partial charge in [-0.1, -0.05) is 72.3 Å². The molecule has 2 heterocycles. The van der Waals surface area contributed by atoms with E-state index in [1.807, 2.05) is 61.5 Å². The maximum Gasteiger partial charge on any atom is 0.278 e. The molecule has 0 spiro atoms. The molecule has 4 heteroatoms. The fraction of sp³-hybridized carbons (Fsp3) is 0.231. The normalized spacial score (nSPS) is 18.9. The number of aromatic nitrogens is 2. The van der Waals surface area contributed by atoms with Crippen LogP contribution in [0.15, 0.2) is 83.5 Å². The predicted molar refractivity (Wildman–Crippen MR) is 118 cm³/mol. The SMILES string of the molecule is CC1=C(C2=CCC(O)CC2)C(=O)n2nc(-c3ccccc3)c(-c3ccccc3)c2C1. The first kappa shape index (κ1) is 18.8. The van der Waals surface area contributed by atoms with Crippen molar-refractivity contribution in [2.24, 2.45) is 0 Å². The first-order chi connectivity index (χ1) is 14.6. The van der Waals surface area contributed by atoms with Crippen molar-refractivity contribution in [1.82, 2.24) is 9.78 Å². The van der Waals surface area contributed by atoms with Crippen molar-refractivity contribution in [2.75, 3.05) is 0 Å². The van der Waals surface area contributed by atoms with Crippen LogP contribution in [0, 0.1) is 0 Å². The van der Waals surface area contributed by atoms with E-state index in [1.165, 1.54) is 0 Å². The number of aliphatic hydroxyl groups is 1. The molecule has 5 rings (SSSR count). The smallest absolute Gasteiger partial charge is 0.278 e. The molecule has 0 bridgehead atoms. The summed E-state index contributed by atoms with van der Waals surface area (Å²) >= 11 is 0. The van der Waals surface area contributed by atoms with E-state index >= 15 is 0 Å². The molecule has 30 heavy (non-hydrogen) atoms. The molecule has 2 aromatic carbocycles. The van der Waals surface area contributed by atoms with Gasteiger partial charge in [-0.15, -0.1) is 0 Å². The summed E-state index contributed by atoms with van der Waals surface area (Å²) in [6.45, 7) is 2.05. The number of carbonyl (C=O) groups is 1. The Kier molecular flexibility index (Phi) is 4.72. The van der Waals surface area contributed by atoms with Crippen LogP contribution >= 0.6 is 0 Å². The number of benzene rings is 2. The molecule has 0 saturated carbocycles. The molecule has 1 N–H and O–H groups in total. The standard InChI is InChI=1S/C26H24N2O2/c1-17-16-22-24(18-8-4-2-5-9-18)25(20-10-6-3-7-11-20)27-28(22)26(30)23(17)19-12-14-21(29)15-13-19/h2-12,21,29H,13-16H2,1H3. The van der Waals surface area contributed by atoms with Gasteiger partial charge in [-0.05, 0) is 37.3 Å². The highest BCUT2D eigenvalue weighted by molar-refractivity contribution is 6.03. The Hall–Kier alpha value is -3.24. The highest BCUT2D eigenvalue weighted by atomic mass is 16.3. The summed E-state index contributed by atoms with van der Waals surface area (Å²) in [5.74, 6) is -0.0595. The van der Waals surface area contributed by atoms with Crippen LogP contribution in [0.25, 0.3) is 22.4 Å². The summed E-state index contributed by atoms with van der Waals surface area (Å²) in [4.78, 5) is 13.6. The summed E-state index contributed by atoms with van der Waals surface area (Å²) in [6, 6.07) is 20.3. The van der Waals surface area contributed by atoms with E-state index < -0.39 is 0 Å². The number of hydrogen-bond acceptors (Lipinski definition) is 3. The Morgan fingerprint density at radius 3 is 2.30 bits per heavy atom. The molecule has 0 fully saturated rings. The second kappa shape index (κ2) is 7.54. The van der Waals surface area contributed by atoms with Crippen molar-refractivity contribution in [3.05, 3.63) is 89.2 Å². The molecule has 0 amide bonds. The third kappa shape index (κ3) is 3.14. The Labute approximate surface area is 176 Å². The minimum Gasteiger partial charge on any atom is -0.393 e. The number of aliphatic hydroxyl groups excluding tert-OH is 1. The molecule has 1 atom stereocenters. The monoisotopic (exact) mass is 396 g/mol. The first-order valence-electron chi connectivity index (χ1n) is 10.5. The molecular formula is C26H24N2O2. The second-order valence-corrected chi connectivity index (χ2v) is 8.11. The molecule has 150 valence electrons. The number of rotatable bonds is 3. The Balaban J connectivity index is 1.67. The average molecular weight is 396 g/mol. The van der Waals surface area contributed by atoms with E-state index in [1.54, 1.807) is 4.68 Å². The van der Waals surface area contributed by atoms with Crippen molar-refractivity contribution in [2.45, 2.75) is 38.7 Å². The lowest BCUT2D eigenvalue weighted by Gasteiger charge is -2.24. The van der Waals surface area contributed by atoms with Gasteiger partial charge in [0, 0.05) is 23.1 Å². The average Bonchev–Trinajstić information content (AvgIpc) is 3.16. The van der Waals surface area contributed by atoms with E-state index in [-0.39, 0.29) is 12.0 Å². The lowest BCUT2D eigenvalue weighted by Crippen LogP contribution is -2.26. The molecule has 1 aliphatic heterocycles. The van der Waals surface area contributed by atoms with Crippen LogP contribution in [0.1, 0.15) is 36.7 Å². The minimum atomic E-state index is -0.303. The third-order valence-electron chi connectivity index (χ3n) is 6.06. The number of nitrogens with zero attached hydrogens (tertiary/aromatic N) is 2. The van der Waals surface area contributed by atoms with Gasteiger partial charge in [-0.25, -0.2) is 0 Å². The molecule has 0 saturated heterocycles. The zero-order valence-corrected chi connectivity index (χ0v) is 17.0. The number of fused-ring (bicyclic) bond motifs is 1. The molecule has 0 radical (unpaired) electrons. The maximum absolute atomic E-state index is 13.6. The minimum absolute atomic E-state index is 0.0595. The lowest BCUT2D eigenvalue weighted by molar-refractivity contribution is 0.0931. The maximum atomic E-state index is 13.6. The van der Waals surface area contributed by atoms with Gasteiger partial charge in [0.1, 0.15) is 5.69 Å². The summed E-state index contributed by atoms with van der Waals surface area (Å²) in [7, 11) is 0. The second-order valence-electron chi connectivity index (χ2n) is 8.11. The van der Waals surface area contributed by atoms with E-state index in [4.69, 9.17) is 5.10 Å². The fourth-order valence-electron chi connectivity index (χ4n) is 4.58. The largest absolute Gasteiger partial charge is 0.393 e. The fourth-order valence-corrected chi connectivity index (χ4v) is 4.58. The van der Waals surface area contributed by atoms with Crippen molar-refractivity contribution in [1.29, 1.82) is 0 Å². The van der Waals surface area contributed by atoms with E-state index in [0.29, 0.717) is 19.3 Å². The van der Waals surface area contributed by atoms with Crippen LogP contribution in [-0.2, 0) is 6.42 Å². The van der Waals surface area contributed by atoms with Crippen LogP contribution in [0.3, 0.4) is 0 Å². The Morgan fingerprint density at radius 1 is 1.00 bits per heavy atom. The van der Waals surface area contributed by atoms with Gasteiger partial charge in [-0.2, -0.15) is 9.78 Å². The highest BCUT2D eigenvalue weighted by Gasteiger charge is 2.32. The number of carbonyl (C=O) groups excluding carboxylic acids is 1. The zero-order chi connectivity index (χ0) is 20.7. The van der Waals surface area contributed by atoms with Crippen LogP contribution in [-0.4, -0.2) is 26.9 Å². The predicted octanol–water partition coefficient (Wildman–Crippen LogP) is 5.20. The van der Waals surface area contributed by atoms with Gasteiger partial charge in [0.15, 0.2) is 0 Å². The van der Waals surface area contributed by atoms with Gasteiger partial charge in [0.25, 0.3) is 5.91 Å². The Bertz CT molecular complexity index is 1170. The molecule has 3 aromatic rings. The van der Waals surface area contributed by atoms with Crippen LogP contribution < -0.4 is 0 Å². The molecule has 1 unspecified atom stereocenters. The lowest BCUT2D eigenvalue weighted by atomic mass is 9.85. The molecule has 1 aromatic heterocycles. The molecule has 1 aliphatic carbocycles. The van der Waals surface area contributed by atoms with Crippen molar-refractivity contribution < 1.29 is 9.90 Å². The van der Waals surface area contributed by atoms with E-state index in [9.17, 15) is 9.90 Å². The van der Waals surface area contributed by atoms with Crippen molar-refractivity contribution in [3.63, 3.8) is 0 Å². The van der Waals surface area contributed by atoms with E-state index in [0.717, 1.165) is 51.2 Å². The summed E-state index contributed by atoms with van der Waals surface area (Å²) in [5, 5.41) is 14.7. The number of allylic oxidation sites excluding steroid dienone is 3. The molecule has 2 aliphatic rings. The van der Waals surface area contributed by atoms with Gasteiger partial charge in [-0.3, -0.25) is 4.79 Å². The summed E-state index contributed by atoms with van der Waals surface area (Å²) < 4.78 is 1.61. The Morgan fingerprint density at radius 2 is 1.67 bits per heavy atom. The van der Waals surface area contributed by atoms with Gasteiger partial charge < -0.3 is 5.11 Å². The topological polar surface area (TPSA) is 55.1 Å². The van der Waals surface area contributed by atoms with Gasteiger partial charge in [0.2, 0.25) is 0 Å². The number of hydrogen-bond donors (Lipinski definition) is 1. The van der Waals surface area contributed by atoms with Gasteiger partial charge >= 0.3 is 0 Å². The van der Waals surface area contributed by atoms with Crippen LogP contribution in [0.4, 0.5) is 0 Å². The summed E-state index contributed by atoms with van der Waals surface area (Å²) in [5.41, 5.74) is 7.79. The quantitative estimate of drug-likeness (QED) is 0.662.